The number of hydrogen-bond donors (Lipinski definition) is 3. The highest BCUT2D eigenvalue weighted by molar-refractivity contribution is 5.79. The zero-order valence-electron chi connectivity index (χ0n) is 21.5. The number of rotatable bonds is 5. The Balaban J connectivity index is 1.15. The Morgan fingerprint density at radius 1 is 1.16 bits per heavy atom. The number of phenolic OH excluding ortho intramolecular Hbond substituents is 1. The highest BCUT2D eigenvalue weighted by atomic mass is 19.4. The second kappa shape index (κ2) is 10.3. The minimum absolute atomic E-state index is 0.0816. The Morgan fingerprint density at radius 3 is 2.55 bits per heavy atom. The van der Waals surface area contributed by atoms with Crippen molar-refractivity contribution in [2.24, 2.45) is 5.41 Å². The molecule has 0 unspecified atom stereocenters. The van der Waals surface area contributed by atoms with Crippen LogP contribution in [0.4, 0.5) is 19.0 Å². The number of aromatic hydroxyl groups is 1. The second-order valence-electron chi connectivity index (χ2n) is 11.2. The van der Waals surface area contributed by atoms with Crippen LogP contribution in [0.5, 0.6) is 5.75 Å². The van der Waals surface area contributed by atoms with Crippen molar-refractivity contribution in [3.05, 3.63) is 35.4 Å². The summed E-state index contributed by atoms with van der Waals surface area (Å²) in [5.74, 6) is 0.193. The number of hydrogen-bond acceptors (Lipinski definition) is 7. The largest absolute Gasteiger partial charge is 0.507 e. The van der Waals surface area contributed by atoms with Gasteiger partial charge in [-0.15, -0.1) is 10.2 Å². The van der Waals surface area contributed by atoms with Crippen LogP contribution in [0.25, 0.3) is 11.3 Å². The standard InChI is InChI=1S/C27H34F3N5O3/c1-17-11-23(32-33-25(17)21-5-4-18(12-22(21)37)27(28,29)30)31-19-3-2-10-34(13-19)14-24(38)35-15-26(16-35)8-6-20(36)7-9-26/h4-5,11-12,19-20,36-37H,2-3,6-10,13-16H2,1H3,(H,31,32)/t19-/m1/s1. The zero-order chi connectivity index (χ0) is 27.1. The molecule has 3 aliphatic rings. The van der Waals surface area contributed by atoms with E-state index in [1.807, 2.05) is 4.90 Å². The first-order valence-electron chi connectivity index (χ1n) is 13.2. The highest BCUT2D eigenvalue weighted by Gasteiger charge is 2.46. The maximum Gasteiger partial charge on any atom is 0.416 e. The second-order valence-corrected chi connectivity index (χ2v) is 11.2. The molecule has 1 aromatic carbocycles. The number of carbonyl (C=O) groups excluding carboxylic acids is 1. The number of piperidine rings is 1. The van der Waals surface area contributed by atoms with Crippen LogP contribution in [0.3, 0.4) is 0 Å². The third-order valence-electron chi connectivity index (χ3n) is 8.20. The molecule has 2 aliphatic heterocycles. The van der Waals surface area contributed by atoms with E-state index in [1.54, 1.807) is 13.0 Å². The van der Waals surface area contributed by atoms with E-state index in [-0.39, 0.29) is 29.0 Å². The van der Waals surface area contributed by atoms with Crippen molar-refractivity contribution in [1.29, 1.82) is 0 Å². The van der Waals surface area contributed by atoms with Gasteiger partial charge in [0.15, 0.2) is 0 Å². The molecule has 2 saturated heterocycles. The molecular weight excluding hydrogens is 499 g/mol. The molecular formula is C27H34F3N5O3. The van der Waals surface area contributed by atoms with Gasteiger partial charge >= 0.3 is 6.18 Å². The van der Waals surface area contributed by atoms with Gasteiger partial charge in [-0.25, -0.2) is 0 Å². The molecule has 0 radical (unpaired) electrons. The molecule has 5 rings (SSSR count). The molecule has 3 fully saturated rings. The molecule has 8 nitrogen and oxygen atoms in total. The third-order valence-corrected chi connectivity index (χ3v) is 8.20. The number of phenols is 1. The maximum atomic E-state index is 12.9. The first-order valence-corrected chi connectivity index (χ1v) is 13.2. The summed E-state index contributed by atoms with van der Waals surface area (Å²) in [4.78, 5) is 17.0. The Bertz CT molecular complexity index is 1180. The topological polar surface area (TPSA) is 102 Å². The maximum absolute atomic E-state index is 12.9. The van der Waals surface area contributed by atoms with Gasteiger partial charge < -0.3 is 20.4 Å². The molecule has 2 aromatic rings. The molecule has 3 heterocycles. The summed E-state index contributed by atoms with van der Waals surface area (Å²) in [6.45, 7) is 5.29. The van der Waals surface area contributed by atoms with Gasteiger partial charge in [-0.3, -0.25) is 9.69 Å². The fourth-order valence-electron chi connectivity index (χ4n) is 6.02. The minimum atomic E-state index is -4.54. The molecule has 1 saturated carbocycles. The summed E-state index contributed by atoms with van der Waals surface area (Å²) in [7, 11) is 0. The molecule has 206 valence electrons. The smallest absolute Gasteiger partial charge is 0.416 e. The fourth-order valence-corrected chi connectivity index (χ4v) is 6.02. The number of alkyl halides is 3. The number of aliphatic hydroxyl groups excluding tert-OH is 1. The van der Waals surface area contributed by atoms with E-state index < -0.39 is 17.5 Å². The lowest BCUT2D eigenvalue weighted by atomic mass is 9.68. The third kappa shape index (κ3) is 5.73. The lowest BCUT2D eigenvalue weighted by Crippen LogP contribution is -2.61. The average Bonchev–Trinajstić information content (AvgIpc) is 2.83. The quantitative estimate of drug-likeness (QED) is 0.537. The van der Waals surface area contributed by atoms with Crippen molar-refractivity contribution in [2.45, 2.75) is 63.8 Å². The SMILES string of the molecule is Cc1cc(N[C@@H]2CCCN(CC(=O)N3CC4(CCC(O)CC4)C3)C2)nnc1-c1ccc(C(F)(F)F)cc1O. The van der Waals surface area contributed by atoms with E-state index in [4.69, 9.17) is 0 Å². The molecule has 1 aliphatic carbocycles. The number of amides is 1. The van der Waals surface area contributed by atoms with Crippen LogP contribution >= 0.6 is 0 Å². The normalized spacial score (nSPS) is 22.3. The van der Waals surface area contributed by atoms with Crippen molar-refractivity contribution in [3.8, 4) is 17.0 Å². The van der Waals surface area contributed by atoms with Crippen LogP contribution < -0.4 is 5.32 Å². The van der Waals surface area contributed by atoms with Crippen LogP contribution in [0.15, 0.2) is 24.3 Å². The molecule has 1 amide bonds. The van der Waals surface area contributed by atoms with E-state index >= 15 is 0 Å². The molecule has 0 bridgehead atoms. The van der Waals surface area contributed by atoms with Crippen molar-refractivity contribution in [1.82, 2.24) is 20.0 Å². The fraction of sp³-hybridized carbons (Fsp3) is 0.593. The summed E-state index contributed by atoms with van der Waals surface area (Å²) in [5.41, 5.74) is 0.458. The summed E-state index contributed by atoms with van der Waals surface area (Å²) in [6.07, 6.45) is 0.771. The number of nitrogens with one attached hydrogen (secondary N) is 1. The summed E-state index contributed by atoms with van der Waals surface area (Å²) in [6, 6.07) is 4.66. The minimum Gasteiger partial charge on any atom is -0.507 e. The predicted molar refractivity (Wildman–Crippen MR) is 135 cm³/mol. The average molecular weight is 534 g/mol. The lowest BCUT2D eigenvalue weighted by molar-refractivity contribution is -0.148. The number of anilines is 1. The Hall–Kier alpha value is -2.92. The number of aliphatic hydroxyl groups is 1. The number of benzene rings is 1. The first-order chi connectivity index (χ1) is 18.0. The number of nitrogens with zero attached hydrogens (tertiary/aromatic N) is 4. The number of carbonyl (C=O) groups is 1. The number of halogens is 3. The van der Waals surface area contributed by atoms with Gasteiger partial charge in [0.2, 0.25) is 5.91 Å². The summed E-state index contributed by atoms with van der Waals surface area (Å²) < 4.78 is 38.8. The summed E-state index contributed by atoms with van der Waals surface area (Å²) >= 11 is 0. The first kappa shape index (κ1) is 26.7. The van der Waals surface area contributed by atoms with Crippen LogP contribution in [-0.4, -0.2) is 81.0 Å². The lowest BCUT2D eigenvalue weighted by Gasteiger charge is -2.53. The number of aryl methyl sites for hydroxylation is 1. The van der Waals surface area contributed by atoms with E-state index in [1.165, 1.54) is 6.07 Å². The van der Waals surface area contributed by atoms with Crippen LogP contribution in [0.2, 0.25) is 0 Å². The molecule has 1 atom stereocenters. The van der Waals surface area contributed by atoms with Crippen molar-refractivity contribution < 1.29 is 28.2 Å². The number of aromatic nitrogens is 2. The van der Waals surface area contributed by atoms with Crippen molar-refractivity contribution in [3.63, 3.8) is 0 Å². The highest BCUT2D eigenvalue weighted by Crippen LogP contribution is 2.44. The van der Waals surface area contributed by atoms with Crippen molar-refractivity contribution in [2.75, 3.05) is 38.0 Å². The molecule has 1 spiro atoms. The van der Waals surface area contributed by atoms with E-state index in [0.717, 1.165) is 64.2 Å². The van der Waals surface area contributed by atoms with E-state index in [9.17, 15) is 28.2 Å². The van der Waals surface area contributed by atoms with Gasteiger partial charge in [0.25, 0.3) is 0 Å². The van der Waals surface area contributed by atoms with E-state index in [0.29, 0.717) is 36.2 Å². The van der Waals surface area contributed by atoms with Gasteiger partial charge in [-0.2, -0.15) is 13.2 Å². The van der Waals surface area contributed by atoms with Gasteiger partial charge in [0.1, 0.15) is 11.6 Å². The van der Waals surface area contributed by atoms with Crippen LogP contribution in [-0.2, 0) is 11.0 Å². The number of likely N-dealkylation sites (tertiary alicyclic amines) is 2. The van der Waals surface area contributed by atoms with Gasteiger partial charge in [0.05, 0.1) is 23.9 Å². The van der Waals surface area contributed by atoms with Gasteiger partial charge in [-0.1, -0.05) is 0 Å². The zero-order valence-corrected chi connectivity index (χ0v) is 21.5. The van der Waals surface area contributed by atoms with Gasteiger partial charge in [0, 0.05) is 36.7 Å². The van der Waals surface area contributed by atoms with Crippen molar-refractivity contribution >= 4 is 11.7 Å². The summed E-state index contributed by atoms with van der Waals surface area (Å²) in [5, 5.41) is 31.7. The Labute approximate surface area is 219 Å². The Morgan fingerprint density at radius 2 is 1.89 bits per heavy atom. The van der Waals surface area contributed by atoms with Gasteiger partial charge in [-0.05, 0) is 81.8 Å². The molecule has 11 heteroatoms. The molecule has 1 aromatic heterocycles. The van der Waals surface area contributed by atoms with Crippen LogP contribution in [0.1, 0.15) is 49.7 Å². The molecule has 38 heavy (non-hydrogen) atoms. The predicted octanol–water partition coefficient (Wildman–Crippen LogP) is 3.82. The van der Waals surface area contributed by atoms with E-state index in [2.05, 4.69) is 20.4 Å². The molecule has 3 N–H and O–H groups in total. The Kier molecular flexibility index (Phi) is 7.25. The monoisotopic (exact) mass is 533 g/mol. The van der Waals surface area contributed by atoms with Crippen LogP contribution in [0, 0.1) is 12.3 Å².